The molecule has 1 unspecified atom stereocenters. The first-order chi connectivity index (χ1) is 19.8. The molecular weight excluding hydrogens is 600 g/mol. The highest BCUT2D eigenvalue weighted by molar-refractivity contribution is 8.09. The Kier molecular flexibility index (Phi) is 9.60. The number of benzene rings is 2. The summed E-state index contributed by atoms with van der Waals surface area (Å²) in [6, 6.07) is 12.2. The fourth-order valence-electron chi connectivity index (χ4n) is 4.28. The fraction of sp³-hybridized carbons (Fsp3) is 0.423. The zero-order valence-electron chi connectivity index (χ0n) is 22.7. The maximum Gasteiger partial charge on any atom is 0.351 e. The van der Waals surface area contributed by atoms with Gasteiger partial charge in [-0.15, -0.1) is 0 Å². The SMILES string of the molecule is CC(C)OC(=O)[C@H](C)NP(=S)(OC[C@@]1(C(F)F)O[C@@H](n2ccc(N)nc2=O)[C@@H](F)[C@@H]1O)Oc1cccc2ccccc12. The van der Waals surface area contributed by atoms with Gasteiger partial charge in [-0.3, -0.25) is 9.36 Å². The maximum absolute atomic E-state index is 15.3. The van der Waals surface area contributed by atoms with Crippen LogP contribution in [0.5, 0.6) is 5.75 Å². The quantitative estimate of drug-likeness (QED) is 0.211. The number of carbonyl (C=O) groups is 1. The van der Waals surface area contributed by atoms with Crippen molar-refractivity contribution in [1.82, 2.24) is 14.6 Å². The first-order valence-corrected chi connectivity index (χ1v) is 15.4. The Morgan fingerprint density at radius 1 is 1.24 bits per heavy atom. The molecule has 1 aromatic heterocycles. The highest BCUT2D eigenvalue weighted by atomic mass is 32.5. The topological polar surface area (TPSA) is 147 Å². The van der Waals surface area contributed by atoms with Crippen LogP contribution in [0.4, 0.5) is 19.0 Å². The van der Waals surface area contributed by atoms with Crippen LogP contribution in [0.3, 0.4) is 0 Å². The number of hydrogen-bond donors (Lipinski definition) is 3. The van der Waals surface area contributed by atoms with E-state index in [4.69, 9.17) is 36.1 Å². The highest BCUT2D eigenvalue weighted by Gasteiger charge is 2.62. The minimum Gasteiger partial charge on any atom is -0.462 e. The summed E-state index contributed by atoms with van der Waals surface area (Å²) in [6.45, 7) is -0.434. The highest BCUT2D eigenvalue weighted by Crippen LogP contribution is 2.50. The van der Waals surface area contributed by atoms with Gasteiger partial charge >= 0.3 is 18.3 Å². The van der Waals surface area contributed by atoms with E-state index < -0.39 is 67.6 Å². The molecule has 0 radical (unpaired) electrons. The van der Waals surface area contributed by atoms with Gasteiger partial charge in [0.05, 0.1) is 12.7 Å². The predicted octanol–water partition coefficient (Wildman–Crippen LogP) is 3.46. The summed E-state index contributed by atoms with van der Waals surface area (Å²) in [7, 11) is 0. The lowest BCUT2D eigenvalue weighted by molar-refractivity contribution is -0.192. The van der Waals surface area contributed by atoms with Crippen molar-refractivity contribution in [1.29, 1.82) is 0 Å². The number of ether oxygens (including phenoxy) is 2. The molecule has 0 saturated carbocycles. The molecule has 3 aromatic rings. The molecule has 2 heterocycles. The van der Waals surface area contributed by atoms with E-state index in [1.807, 2.05) is 12.1 Å². The molecule has 16 heteroatoms. The van der Waals surface area contributed by atoms with E-state index in [0.29, 0.717) is 9.95 Å². The standard InChI is InChI=1S/C26H30F3N4O7PS/c1-14(2)38-23(35)15(3)32-41(42,40-18-10-6-8-16-7-4-5-9-17(16)18)37-13-26(24(28)29)21(34)20(27)22(39-26)33-12-11-19(30)31-25(33)36/h4-12,14-15,20-22,24,34H,13H2,1-3H3,(H,32,42)(H2,30,31,36)/t15-,20-,21-,22+,26+,41?/m0/s1. The van der Waals surface area contributed by atoms with Gasteiger partial charge in [-0.2, -0.15) is 4.98 Å². The van der Waals surface area contributed by atoms with Crippen molar-refractivity contribution >= 4 is 41.0 Å². The van der Waals surface area contributed by atoms with Gasteiger partial charge in [0.1, 0.15) is 23.7 Å². The first-order valence-electron chi connectivity index (χ1n) is 12.8. The van der Waals surface area contributed by atoms with Crippen LogP contribution in [0.25, 0.3) is 10.8 Å². The number of fused-ring (bicyclic) bond motifs is 1. The largest absolute Gasteiger partial charge is 0.462 e. The lowest BCUT2D eigenvalue weighted by Crippen LogP contribution is -2.52. The number of hydrogen-bond acceptors (Lipinski definition) is 10. The lowest BCUT2D eigenvalue weighted by atomic mass is 9.97. The molecule has 4 N–H and O–H groups in total. The third kappa shape index (κ3) is 6.61. The van der Waals surface area contributed by atoms with Crippen molar-refractivity contribution in [3.63, 3.8) is 0 Å². The van der Waals surface area contributed by atoms with Crippen LogP contribution >= 0.6 is 6.64 Å². The average Bonchev–Trinajstić information content (AvgIpc) is 3.18. The van der Waals surface area contributed by atoms with E-state index in [1.165, 1.54) is 6.92 Å². The molecule has 0 amide bonds. The zero-order chi connectivity index (χ0) is 30.8. The molecule has 11 nitrogen and oxygen atoms in total. The number of carbonyl (C=O) groups excluding carboxylic acids is 1. The molecule has 228 valence electrons. The van der Waals surface area contributed by atoms with Crippen LogP contribution in [0.1, 0.15) is 27.0 Å². The second kappa shape index (κ2) is 12.7. The first kappa shape index (κ1) is 31.9. The van der Waals surface area contributed by atoms with Crippen LogP contribution in [0.15, 0.2) is 59.5 Å². The Morgan fingerprint density at radius 2 is 1.93 bits per heavy atom. The summed E-state index contributed by atoms with van der Waals surface area (Å²) in [4.78, 5) is 28.3. The Bertz CT molecular complexity index is 1540. The second-order valence-corrected chi connectivity index (χ2v) is 13.0. The van der Waals surface area contributed by atoms with Gasteiger partial charge in [-0.1, -0.05) is 36.4 Å². The van der Waals surface area contributed by atoms with Crippen LogP contribution in [-0.2, 0) is 30.6 Å². The molecular formula is C26H30F3N4O7PS. The molecule has 0 spiro atoms. The zero-order valence-corrected chi connectivity index (χ0v) is 24.4. The smallest absolute Gasteiger partial charge is 0.351 e. The number of nitrogen functional groups attached to an aromatic ring is 1. The number of nitrogens with zero attached hydrogens (tertiary/aromatic N) is 2. The van der Waals surface area contributed by atoms with Gasteiger partial charge in [0.15, 0.2) is 18.0 Å². The van der Waals surface area contributed by atoms with Crippen molar-refractivity contribution in [3.8, 4) is 5.75 Å². The van der Waals surface area contributed by atoms with E-state index in [-0.39, 0.29) is 11.6 Å². The Labute approximate surface area is 244 Å². The van der Waals surface area contributed by atoms with E-state index in [9.17, 15) is 23.5 Å². The van der Waals surface area contributed by atoms with Crippen LogP contribution in [0, 0.1) is 0 Å². The molecule has 0 bridgehead atoms. The second-order valence-electron chi connectivity index (χ2n) is 9.87. The Hall–Kier alpha value is -3.07. The van der Waals surface area contributed by atoms with Gasteiger partial charge in [0.25, 0.3) is 6.43 Å². The number of aliphatic hydroxyl groups excluding tert-OH is 1. The number of nitrogens with two attached hydrogens (primary N) is 1. The summed E-state index contributed by atoms with van der Waals surface area (Å²) in [6.07, 6.45) is -9.91. The third-order valence-electron chi connectivity index (χ3n) is 6.40. The summed E-state index contributed by atoms with van der Waals surface area (Å²) in [5.41, 5.74) is 1.40. The van der Waals surface area contributed by atoms with Crippen LogP contribution in [0.2, 0.25) is 0 Å². The van der Waals surface area contributed by atoms with E-state index in [0.717, 1.165) is 17.6 Å². The summed E-state index contributed by atoms with van der Waals surface area (Å²) < 4.78 is 67.4. The number of aliphatic hydroxyl groups is 1. The summed E-state index contributed by atoms with van der Waals surface area (Å²) >= 11 is 5.65. The Morgan fingerprint density at radius 3 is 2.60 bits per heavy atom. The third-order valence-corrected chi connectivity index (χ3v) is 8.86. The van der Waals surface area contributed by atoms with E-state index >= 15 is 4.39 Å². The molecule has 1 fully saturated rings. The van der Waals surface area contributed by atoms with E-state index in [1.54, 1.807) is 44.2 Å². The molecule has 42 heavy (non-hydrogen) atoms. The number of halogens is 3. The lowest BCUT2D eigenvalue weighted by Gasteiger charge is -2.34. The number of aromatic nitrogens is 2. The Balaban J connectivity index is 1.67. The molecule has 0 aliphatic carbocycles. The van der Waals surface area contributed by atoms with Crippen molar-refractivity contribution in [3.05, 3.63) is 65.2 Å². The fourth-order valence-corrected chi connectivity index (χ4v) is 6.71. The number of anilines is 1. The molecule has 2 aromatic carbocycles. The number of rotatable bonds is 11. The molecule has 4 rings (SSSR count). The molecule has 1 saturated heterocycles. The maximum atomic E-state index is 15.3. The van der Waals surface area contributed by atoms with Gasteiger partial charge in [-0.05, 0) is 50.1 Å². The average molecular weight is 631 g/mol. The van der Waals surface area contributed by atoms with Crippen molar-refractivity contribution in [2.24, 2.45) is 0 Å². The van der Waals surface area contributed by atoms with Gasteiger partial charge in [0, 0.05) is 11.6 Å². The monoisotopic (exact) mass is 630 g/mol. The van der Waals surface area contributed by atoms with Crippen molar-refractivity contribution in [2.45, 2.75) is 63.4 Å². The van der Waals surface area contributed by atoms with Crippen LogP contribution < -0.4 is 21.0 Å². The predicted molar refractivity (Wildman–Crippen MR) is 151 cm³/mol. The number of alkyl halides is 3. The van der Waals surface area contributed by atoms with Gasteiger partial charge < -0.3 is 29.4 Å². The normalized spacial score (nSPS) is 24.5. The molecule has 6 atom stereocenters. The van der Waals surface area contributed by atoms with Crippen LogP contribution in [-0.4, -0.2) is 63.7 Å². The van der Waals surface area contributed by atoms with E-state index in [2.05, 4.69) is 10.1 Å². The number of esters is 1. The minimum absolute atomic E-state index is 0.184. The molecule has 1 aliphatic heterocycles. The minimum atomic E-state index is -3.95. The van der Waals surface area contributed by atoms with Gasteiger partial charge in [-0.25, -0.2) is 23.1 Å². The van der Waals surface area contributed by atoms with Crippen molar-refractivity contribution in [2.75, 3.05) is 12.3 Å². The number of nitrogens with one attached hydrogen (secondary N) is 1. The summed E-state index contributed by atoms with van der Waals surface area (Å²) in [5, 5.41) is 14.8. The summed E-state index contributed by atoms with van der Waals surface area (Å²) in [5.74, 6) is -0.687. The molecule has 1 aliphatic rings. The van der Waals surface area contributed by atoms with Gasteiger partial charge in [0.2, 0.25) is 0 Å². The van der Waals surface area contributed by atoms with Crippen molar-refractivity contribution < 1.29 is 41.6 Å².